The molecule has 0 amide bonds. The number of epoxide rings is 1. The first-order chi connectivity index (χ1) is 18.6. The van der Waals surface area contributed by atoms with Crippen LogP contribution in [0.1, 0.15) is 61.3 Å². The zero-order valence-electron chi connectivity index (χ0n) is 23.0. The van der Waals surface area contributed by atoms with E-state index in [-0.39, 0.29) is 23.5 Å². The van der Waals surface area contributed by atoms with Crippen molar-refractivity contribution in [2.45, 2.75) is 75.4 Å². The van der Waals surface area contributed by atoms with Crippen LogP contribution in [0.3, 0.4) is 0 Å². The molecule has 3 aromatic rings. The van der Waals surface area contributed by atoms with Crippen LogP contribution in [-0.4, -0.2) is 39.1 Å². The van der Waals surface area contributed by atoms with Crippen molar-refractivity contribution in [2.24, 2.45) is 0 Å². The maximum Gasteiger partial charge on any atom is 0.264 e. The number of hydrogen-bond acceptors (Lipinski definition) is 5. The van der Waals surface area contributed by atoms with Crippen molar-refractivity contribution in [1.82, 2.24) is 0 Å². The fourth-order valence-electron chi connectivity index (χ4n) is 6.30. The topological polar surface area (TPSA) is 79.4 Å². The van der Waals surface area contributed by atoms with Crippen LogP contribution in [0.4, 0.5) is 5.69 Å². The van der Waals surface area contributed by atoms with Gasteiger partial charge in [0.1, 0.15) is 19.0 Å². The summed E-state index contributed by atoms with van der Waals surface area (Å²) in [6.07, 6.45) is 6.19. The number of nitrogens with zero attached hydrogens (tertiary/aromatic N) is 1. The number of hydrogen-bond donors (Lipinski definition) is 1. The monoisotopic (exact) mass is 547 g/mol. The number of benzene rings is 3. The molecule has 206 valence electrons. The highest BCUT2D eigenvalue weighted by Gasteiger charge is 2.48. The molecule has 1 unspecified atom stereocenters. The van der Waals surface area contributed by atoms with Crippen LogP contribution >= 0.6 is 0 Å². The van der Waals surface area contributed by atoms with Gasteiger partial charge in [0.15, 0.2) is 0 Å². The largest absolute Gasteiger partial charge is 0.488 e. The number of aliphatic hydroxyl groups is 1. The van der Waals surface area contributed by atoms with E-state index in [1.54, 1.807) is 22.5 Å². The summed E-state index contributed by atoms with van der Waals surface area (Å²) in [5, 5.41) is 9.93. The minimum atomic E-state index is -3.81. The van der Waals surface area contributed by atoms with Crippen LogP contribution < -0.4 is 9.04 Å². The van der Waals surface area contributed by atoms with Gasteiger partial charge in [-0.2, -0.15) is 0 Å². The lowest BCUT2D eigenvalue weighted by Crippen LogP contribution is -2.38. The lowest BCUT2D eigenvalue weighted by Gasteiger charge is -2.34. The fourth-order valence-corrected chi connectivity index (χ4v) is 8.00. The van der Waals surface area contributed by atoms with Crippen molar-refractivity contribution in [3.63, 3.8) is 0 Å². The van der Waals surface area contributed by atoms with Crippen LogP contribution in [0.5, 0.6) is 5.75 Å². The summed E-state index contributed by atoms with van der Waals surface area (Å²) < 4.78 is 41.0. The predicted octanol–water partition coefficient (Wildman–Crippen LogP) is 6.04. The molecule has 1 spiro atoms. The fraction of sp³-hybridized carbons (Fsp3) is 0.438. The Morgan fingerprint density at radius 1 is 0.974 bits per heavy atom. The number of ether oxygens (including phenoxy) is 2. The molecule has 6 nitrogen and oxygen atoms in total. The molecule has 7 heteroatoms. The highest BCUT2D eigenvalue weighted by molar-refractivity contribution is 7.92. The summed E-state index contributed by atoms with van der Waals surface area (Å²) in [5.41, 5.74) is 7.23. The van der Waals surface area contributed by atoms with E-state index in [9.17, 15) is 13.5 Å². The van der Waals surface area contributed by atoms with E-state index in [0.717, 1.165) is 54.5 Å². The van der Waals surface area contributed by atoms with Gasteiger partial charge >= 0.3 is 0 Å². The summed E-state index contributed by atoms with van der Waals surface area (Å²) in [4.78, 5) is 0.261. The average Bonchev–Trinajstić information content (AvgIpc) is 3.59. The quantitative estimate of drug-likeness (QED) is 0.365. The molecular formula is C32H37NO5S. The molecule has 39 heavy (non-hydrogen) atoms. The SMILES string of the molecule is CCc1cc(-c2ccc(C)cc2)cc2c1N(S(=O)(=O)c1ccc(OCC3(O)CO3)c(C)c1)CC21CCCCC1. The summed E-state index contributed by atoms with van der Waals surface area (Å²) in [6.45, 7) is 6.79. The second-order valence-corrected chi connectivity index (χ2v) is 13.4. The van der Waals surface area contributed by atoms with E-state index < -0.39 is 15.8 Å². The molecule has 0 aromatic heterocycles. The maximum absolute atomic E-state index is 14.3. The molecule has 2 fully saturated rings. The van der Waals surface area contributed by atoms with E-state index in [0.29, 0.717) is 17.9 Å². The molecule has 1 aliphatic carbocycles. The molecule has 6 rings (SSSR count). The summed E-state index contributed by atoms with van der Waals surface area (Å²) in [7, 11) is -3.81. The maximum atomic E-state index is 14.3. The molecule has 2 aliphatic heterocycles. The van der Waals surface area contributed by atoms with Crippen LogP contribution in [0.25, 0.3) is 11.1 Å². The van der Waals surface area contributed by atoms with Gasteiger partial charge in [-0.15, -0.1) is 0 Å². The highest BCUT2D eigenvalue weighted by Crippen LogP contribution is 2.53. The molecule has 3 aliphatic rings. The molecule has 3 aromatic carbocycles. The van der Waals surface area contributed by atoms with Gasteiger partial charge in [0.05, 0.1) is 10.6 Å². The lowest BCUT2D eigenvalue weighted by atomic mass is 9.70. The lowest BCUT2D eigenvalue weighted by molar-refractivity contribution is -0.00448. The second-order valence-electron chi connectivity index (χ2n) is 11.6. The first-order valence-electron chi connectivity index (χ1n) is 14.0. The Bertz CT molecular complexity index is 1500. The Morgan fingerprint density at radius 3 is 2.33 bits per heavy atom. The number of anilines is 1. The van der Waals surface area contributed by atoms with Crippen molar-refractivity contribution in [3.8, 4) is 16.9 Å². The Kier molecular flexibility index (Phi) is 6.52. The van der Waals surface area contributed by atoms with Gasteiger partial charge in [-0.05, 0) is 91.3 Å². The van der Waals surface area contributed by atoms with E-state index >= 15 is 0 Å². The molecule has 1 saturated heterocycles. The van der Waals surface area contributed by atoms with Crippen molar-refractivity contribution < 1.29 is 23.0 Å². The third kappa shape index (κ3) is 4.75. The van der Waals surface area contributed by atoms with Crippen molar-refractivity contribution in [1.29, 1.82) is 0 Å². The van der Waals surface area contributed by atoms with Gasteiger partial charge < -0.3 is 14.6 Å². The van der Waals surface area contributed by atoms with Gasteiger partial charge in [-0.25, -0.2) is 8.42 Å². The van der Waals surface area contributed by atoms with E-state index in [4.69, 9.17) is 9.47 Å². The minimum Gasteiger partial charge on any atom is -0.488 e. The molecule has 1 atom stereocenters. The standard InChI is InChI=1S/C32H37NO5S/c1-4-24-17-26(25-10-8-22(2)9-11-25)18-28-30(24)33(19-31(28)14-6-5-7-15-31)39(35,36)27-12-13-29(23(3)16-27)37-20-32(34)21-38-32/h8-13,16-18,34H,4-7,14-15,19-21H2,1-3H3. The Labute approximate surface area is 231 Å². The third-order valence-corrected chi connectivity index (χ3v) is 10.4. The Hall–Kier alpha value is -2.87. The van der Waals surface area contributed by atoms with Gasteiger partial charge in [-0.1, -0.05) is 56.0 Å². The Morgan fingerprint density at radius 2 is 1.69 bits per heavy atom. The second kappa shape index (κ2) is 9.65. The van der Waals surface area contributed by atoms with E-state index in [1.807, 2.05) is 6.92 Å². The molecule has 0 radical (unpaired) electrons. The van der Waals surface area contributed by atoms with Gasteiger partial charge in [0.2, 0.25) is 5.79 Å². The van der Waals surface area contributed by atoms with Crippen LogP contribution in [0.15, 0.2) is 59.5 Å². The van der Waals surface area contributed by atoms with E-state index in [2.05, 4.69) is 50.2 Å². The molecule has 0 bridgehead atoms. The average molecular weight is 548 g/mol. The molecule has 1 N–H and O–H groups in total. The summed E-state index contributed by atoms with van der Waals surface area (Å²) >= 11 is 0. The zero-order valence-corrected chi connectivity index (χ0v) is 23.8. The number of fused-ring (bicyclic) bond motifs is 2. The smallest absolute Gasteiger partial charge is 0.264 e. The molecular weight excluding hydrogens is 510 g/mol. The first-order valence-corrected chi connectivity index (χ1v) is 15.5. The van der Waals surface area contributed by atoms with E-state index in [1.165, 1.54) is 17.5 Å². The van der Waals surface area contributed by atoms with Crippen LogP contribution in [0, 0.1) is 13.8 Å². The normalized spacial score (nSPS) is 21.7. The molecule has 1 saturated carbocycles. The van der Waals surface area contributed by atoms with Crippen molar-refractivity contribution in [3.05, 3.63) is 76.9 Å². The van der Waals surface area contributed by atoms with Gasteiger partial charge in [0.25, 0.3) is 10.0 Å². The highest BCUT2D eigenvalue weighted by atomic mass is 32.2. The van der Waals surface area contributed by atoms with Crippen LogP contribution in [0.2, 0.25) is 0 Å². The zero-order chi connectivity index (χ0) is 27.4. The third-order valence-electron chi connectivity index (χ3n) is 8.70. The van der Waals surface area contributed by atoms with Gasteiger partial charge in [0, 0.05) is 12.0 Å². The van der Waals surface area contributed by atoms with Gasteiger partial charge in [-0.3, -0.25) is 4.31 Å². The summed E-state index contributed by atoms with van der Waals surface area (Å²) in [6, 6.07) is 18.0. The number of rotatable bonds is 7. The van der Waals surface area contributed by atoms with Crippen LogP contribution in [-0.2, 0) is 26.6 Å². The Balaban J connectivity index is 1.42. The molecule has 2 heterocycles. The number of aryl methyl sites for hydroxylation is 3. The summed E-state index contributed by atoms with van der Waals surface area (Å²) in [5.74, 6) is -0.681. The minimum absolute atomic E-state index is 0.0190. The van der Waals surface area contributed by atoms with Crippen molar-refractivity contribution in [2.75, 3.05) is 24.1 Å². The predicted molar refractivity (Wildman–Crippen MR) is 153 cm³/mol. The number of sulfonamides is 1. The first kappa shape index (κ1) is 26.4. The van der Waals surface area contributed by atoms with Crippen molar-refractivity contribution >= 4 is 15.7 Å².